The highest BCUT2D eigenvalue weighted by Crippen LogP contribution is 2.34. The van der Waals surface area contributed by atoms with Gasteiger partial charge in [-0.1, -0.05) is 37.3 Å². The molecule has 0 heterocycles. The monoisotopic (exact) mass is 343 g/mol. The highest BCUT2D eigenvalue weighted by atomic mass is 16.6. The van der Waals surface area contributed by atoms with Crippen LogP contribution in [0.1, 0.15) is 24.5 Å². The predicted octanol–water partition coefficient (Wildman–Crippen LogP) is 3.52. The standard InChI is InChI=1S/C18H21N3O4/c1-3-9-25-18-10-15(16(21(22)23)11-17(18)24-2)13-20-19-12-14-7-5-4-6-8-14/h4-8,10-11,13,19H,3,9,12H2,1-2H3. The fraction of sp³-hybridized carbons (Fsp3) is 0.278. The van der Waals surface area contributed by atoms with Gasteiger partial charge in [-0.15, -0.1) is 0 Å². The molecule has 25 heavy (non-hydrogen) atoms. The molecule has 132 valence electrons. The first-order valence-electron chi connectivity index (χ1n) is 7.94. The number of nitrogens with zero attached hydrogens (tertiary/aromatic N) is 2. The van der Waals surface area contributed by atoms with Crippen molar-refractivity contribution in [1.82, 2.24) is 5.43 Å². The maximum absolute atomic E-state index is 11.3. The van der Waals surface area contributed by atoms with E-state index in [1.807, 2.05) is 37.3 Å². The molecule has 0 saturated heterocycles. The molecule has 0 aliphatic carbocycles. The molecule has 7 nitrogen and oxygen atoms in total. The Morgan fingerprint density at radius 2 is 2.00 bits per heavy atom. The Labute approximate surface area is 146 Å². The third-order valence-corrected chi connectivity index (χ3v) is 3.39. The van der Waals surface area contributed by atoms with Gasteiger partial charge in [-0.05, 0) is 18.1 Å². The van der Waals surface area contributed by atoms with E-state index in [0.29, 0.717) is 30.2 Å². The first-order chi connectivity index (χ1) is 12.2. The van der Waals surface area contributed by atoms with E-state index < -0.39 is 4.92 Å². The molecule has 0 fully saturated rings. The normalized spacial score (nSPS) is 10.6. The molecule has 0 saturated carbocycles. The van der Waals surface area contributed by atoms with Crippen LogP contribution in [0, 0.1) is 10.1 Å². The molecule has 0 aliphatic heterocycles. The van der Waals surface area contributed by atoms with E-state index in [0.717, 1.165) is 12.0 Å². The molecule has 0 unspecified atom stereocenters. The van der Waals surface area contributed by atoms with Crippen LogP contribution in [-0.2, 0) is 6.54 Å². The molecule has 7 heteroatoms. The Morgan fingerprint density at radius 1 is 1.24 bits per heavy atom. The zero-order valence-electron chi connectivity index (χ0n) is 14.3. The van der Waals surface area contributed by atoms with Crippen molar-refractivity contribution in [2.45, 2.75) is 19.9 Å². The van der Waals surface area contributed by atoms with Gasteiger partial charge in [0, 0.05) is 0 Å². The van der Waals surface area contributed by atoms with Crippen LogP contribution in [0.4, 0.5) is 5.69 Å². The maximum atomic E-state index is 11.3. The van der Waals surface area contributed by atoms with Gasteiger partial charge < -0.3 is 14.9 Å². The molecule has 0 radical (unpaired) electrons. The number of nitro benzene ring substituents is 1. The Morgan fingerprint density at radius 3 is 2.64 bits per heavy atom. The molecule has 2 aromatic rings. The van der Waals surface area contributed by atoms with E-state index in [9.17, 15) is 10.1 Å². The number of ether oxygens (including phenoxy) is 2. The molecule has 0 aromatic heterocycles. The summed E-state index contributed by atoms with van der Waals surface area (Å²) < 4.78 is 10.8. The molecular formula is C18H21N3O4. The zero-order valence-corrected chi connectivity index (χ0v) is 14.3. The minimum absolute atomic E-state index is 0.0917. The summed E-state index contributed by atoms with van der Waals surface area (Å²) in [5.41, 5.74) is 4.20. The third kappa shape index (κ3) is 5.20. The number of methoxy groups -OCH3 is 1. The van der Waals surface area contributed by atoms with Crippen LogP contribution in [0.15, 0.2) is 47.6 Å². The van der Waals surface area contributed by atoms with E-state index in [1.165, 1.54) is 19.4 Å². The zero-order chi connectivity index (χ0) is 18.1. The molecule has 0 amide bonds. The first-order valence-corrected chi connectivity index (χ1v) is 7.94. The number of nitrogens with one attached hydrogen (secondary N) is 1. The van der Waals surface area contributed by atoms with Crippen LogP contribution in [0.5, 0.6) is 11.5 Å². The molecule has 2 aromatic carbocycles. The quantitative estimate of drug-likeness (QED) is 0.428. The average molecular weight is 343 g/mol. The van der Waals surface area contributed by atoms with Gasteiger partial charge in [-0.2, -0.15) is 5.10 Å². The van der Waals surface area contributed by atoms with Crippen LogP contribution in [0.2, 0.25) is 0 Å². The highest BCUT2D eigenvalue weighted by molar-refractivity contribution is 5.86. The van der Waals surface area contributed by atoms with Crippen molar-refractivity contribution in [1.29, 1.82) is 0 Å². The number of hydrogen-bond donors (Lipinski definition) is 1. The van der Waals surface area contributed by atoms with Crippen molar-refractivity contribution in [2.24, 2.45) is 5.10 Å². The van der Waals surface area contributed by atoms with E-state index in [-0.39, 0.29) is 5.69 Å². The van der Waals surface area contributed by atoms with Gasteiger partial charge in [0.1, 0.15) is 0 Å². The van der Waals surface area contributed by atoms with Gasteiger partial charge in [-0.3, -0.25) is 10.1 Å². The minimum atomic E-state index is -0.468. The van der Waals surface area contributed by atoms with E-state index in [4.69, 9.17) is 9.47 Å². The Bertz CT molecular complexity index is 733. The van der Waals surface area contributed by atoms with E-state index >= 15 is 0 Å². The van der Waals surface area contributed by atoms with Crippen LogP contribution in [-0.4, -0.2) is 24.9 Å². The van der Waals surface area contributed by atoms with E-state index in [1.54, 1.807) is 6.07 Å². The van der Waals surface area contributed by atoms with Gasteiger partial charge in [0.15, 0.2) is 11.5 Å². The smallest absolute Gasteiger partial charge is 0.282 e. The molecule has 0 aliphatic rings. The molecule has 0 bridgehead atoms. The lowest BCUT2D eigenvalue weighted by Gasteiger charge is -2.11. The van der Waals surface area contributed by atoms with Crippen molar-refractivity contribution in [2.75, 3.05) is 13.7 Å². The third-order valence-electron chi connectivity index (χ3n) is 3.39. The highest BCUT2D eigenvalue weighted by Gasteiger charge is 2.18. The van der Waals surface area contributed by atoms with Crippen molar-refractivity contribution in [3.8, 4) is 11.5 Å². The number of rotatable bonds is 9. The fourth-order valence-corrected chi connectivity index (χ4v) is 2.16. The van der Waals surface area contributed by atoms with Gasteiger partial charge in [0.2, 0.25) is 0 Å². The minimum Gasteiger partial charge on any atom is -0.493 e. The van der Waals surface area contributed by atoms with E-state index in [2.05, 4.69) is 10.5 Å². The van der Waals surface area contributed by atoms with Gasteiger partial charge in [0.25, 0.3) is 5.69 Å². The lowest BCUT2D eigenvalue weighted by Crippen LogP contribution is -2.06. The second kappa shape index (κ2) is 9.27. The lowest BCUT2D eigenvalue weighted by molar-refractivity contribution is -0.385. The summed E-state index contributed by atoms with van der Waals surface area (Å²) in [7, 11) is 1.45. The van der Waals surface area contributed by atoms with Crippen molar-refractivity contribution in [3.05, 3.63) is 63.7 Å². The van der Waals surface area contributed by atoms with Crippen molar-refractivity contribution >= 4 is 11.9 Å². The van der Waals surface area contributed by atoms with Crippen LogP contribution in [0.3, 0.4) is 0 Å². The van der Waals surface area contributed by atoms with Gasteiger partial charge in [0.05, 0.1) is 43.0 Å². The van der Waals surface area contributed by atoms with Crippen LogP contribution < -0.4 is 14.9 Å². The molecule has 0 atom stereocenters. The largest absolute Gasteiger partial charge is 0.493 e. The summed E-state index contributed by atoms with van der Waals surface area (Å²) >= 11 is 0. The lowest BCUT2D eigenvalue weighted by atomic mass is 10.1. The Hall–Kier alpha value is -3.09. The molecular weight excluding hydrogens is 322 g/mol. The fourth-order valence-electron chi connectivity index (χ4n) is 2.16. The summed E-state index contributed by atoms with van der Waals surface area (Å²) in [5.74, 6) is 0.786. The Balaban J connectivity index is 2.18. The summed E-state index contributed by atoms with van der Waals surface area (Å²) in [6, 6.07) is 12.7. The van der Waals surface area contributed by atoms with Gasteiger partial charge in [-0.25, -0.2) is 0 Å². The number of benzene rings is 2. The Kier molecular flexibility index (Phi) is 6.76. The summed E-state index contributed by atoms with van der Waals surface area (Å²) in [5, 5.41) is 15.4. The predicted molar refractivity (Wildman–Crippen MR) is 96.3 cm³/mol. The summed E-state index contributed by atoms with van der Waals surface area (Å²) in [6.07, 6.45) is 2.24. The number of hydrogen-bond acceptors (Lipinski definition) is 6. The second-order valence-electron chi connectivity index (χ2n) is 5.25. The molecule has 0 spiro atoms. The number of nitro groups is 1. The average Bonchev–Trinajstić information content (AvgIpc) is 2.64. The van der Waals surface area contributed by atoms with Crippen LogP contribution >= 0.6 is 0 Å². The van der Waals surface area contributed by atoms with Crippen molar-refractivity contribution < 1.29 is 14.4 Å². The van der Waals surface area contributed by atoms with Gasteiger partial charge >= 0.3 is 0 Å². The summed E-state index contributed by atoms with van der Waals surface area (Å²) in [4.78, 5) is 10.8. The second-order valence-corrected chi connectivity index (χ2v) is 5.25. The van der Waals surface area contributed by atoms with Crippen molar-refractivity contribution in [3.63, 3.8) is 0 Å². The molecule has 2 rings (SSSR count). The topological polar surface area (TPSA) is 86.0 Å². The number of hydrazone groups is 1. The summed E-state index contributed by atoms with van der Waals surface area (Å²) in [6.45, 7) is 3.01. The maximum Gasteiger partial charge on any atom is 0.282 e. The SMILES string of the molecule is CCCOc1cc(C=NNCc2ccccc2)c([N+](=O)[O-])cc1OC. The first kappa shape index (κ1) is 18.3. The van der Waals surface area contributed by atoms with Crippen LogP contribution in [0.25, 0.3) is 0 Å². The molecule has 1 N–H and O–H groups in total.